The first-order valence-electron chi connectivity index (χ1n) is 13.3. The number of aromatic nitrogens is 2. The van der Waals surface area contributed by atoms with E-state index in [4.69, 9.17) is 0 Å². The molecule has 200 valence electrons. The van der Waals surface area contributed by atoms with Crippen LogP contribution in [0, 0.1) is 24.7 Å². The Morgan fingerprint density at radius 3 is 2.34 bits per heavy atom. The van der Waals surface area contributed by atoms with Crippen LogP contribution in [-0.2, 0) is 11.8 Å². The van der Waals surface area contributed by atoms with Crippen LogP contribution in [0.25, 0.3) is 10.4 Å². The van der Waals surface area contributed by atoms with Gasteiger partial charge in [0.1, 0.15) is 4.88 Å². The average Bonchev–Trinajstić information content (AvgIpc) is 3.51. The van der Waals surface area contributed by atoms with E-state index in [0.717, 1.165) is 54.7 Å². The van der Waals surface area contributed by atoms with Crippen LogP contribution in [-0.4, -0.2) is 39.2 Å². The molecule has 0 atom stereocenters. The molecule has 38 heavy (non-hydrogen) atoms. The largest absolute Gasteiger partial charge is 0.477 e. The molecule has 0 saturated heterocycles. The third-order valence-corrected chi connectivity index (χ3v) is 8.90. The second-order valence-corrected chi connectivity index (χ2v) is 11.9. The molecule has 2 amide bonds. The molecule has 2 N–H and O–H groups in total. The molecule has 2 aromatic heterocycles. The number of thiophene rings is 1. The highest BCUT2D eigenvalue weighted by Crippen LogP contribution is 2.41. The van der Waals surface area contributed by atoms with Gasteiger partial charge in [-0.3, -0.25) is 14.3 Å². The van der Waals surface area contributed by atoms with Gasteiger partial charge in [-0.1, -0.05) is 19.1 Å². The van der Waals surface area contributed by atoms with Crippen molar-refractivity contribution in [3.8, 4) is 10.4 Å². The van der Waals surface area contributed by atoms with Gasteiger partial charge in [-0.2, -0.15) is 5.10 Å². The summed E-state index contributed by atoms with van der Waals surface area (Å²) in [7, 11) is 1.79. The SMILES string of the molecule is Cc1cc(C(=O)Nc2ccc(-c3cc(N(CC4CC4)C(=O)C4CCC(C)CC4)c(C(=O)O)s3)cc2)nn1C. The molecule has 0 aliphatic heterocycles. The summed E-state index contributed by atoms with van der Waals surface area (Å²) in [5, 5.41) is 17.1. The summed E-state index contributed by atoms with van der Waals surface area (Å²) in [6.07, 6.45) is 5.97. The van der Waals surface area contributed by atoms with Crippen LogP contribution in [0.2, 0.25) is 0 Å². The highest BCUT2D eigenvalue weighted by Gasteiger charge is 2.35. The van der Waals surface area contributed by atoms with Gasteiger partial charge in [0.05, 0.1) is 5.69 Å². The number of hydrogen-bond acceptors (Lipinski definition) is 5. The minimum absolute atomic E-state index is 0.0410. The van der Waals surface area contributed by atoms with Gasteiger partial charge in [-0.15, -0.1) is 11.3 Å². The van der Waals surface area contributed by atoms with Crippen LogP contribution in [0.5, 0.6) is 0 Å². The van der Waals surface area contributed by atoms with Crippen LogP contribution in [0.3, 0.4) is 0 Å². The van der Waals surface area contributed by atoms with E-state index in [9.17, 15) is 19.5 Å². The van der Waals surface area contributed by atoms with Gasteiger partial charge >= 0.3 is 5.97 Å². The van der Waals surface area contributed by atoms with Crippen molar-refractivity contribution < 1.29 is 19.5 Å². The minimum Gasteiger partial charge on any atom is -0.477 e. The van der Waals surface area contributed by atoms with Gasteiger partial charge in [0.25, 0.3) is 5.91 Å². The fourth-order valence-corrected chi connectivity index (χ4v) is 6.06. The molecule has 0 bridgehead atoms. The standard InChI is InChI=1S/C29H34N4O4S/c1-17-4-8-21(9-5-17)28(35)33(16-19-6-7-19)24-15-25(38-26(24)29(36)37)20-10-12-22(13-11-20)30-27(34)23-14-18(2)32(3)31-23/h10-15,17,19,21H,4-9,16H2,1-3H3,(H,30,34)(H,36,37). The number of amides is 2. The van der Waals surface area contributed by atoms with Crippen LogP contribution in [0.1, 0.15) is 71.3 Å². The minimum atomic E-state index is -1.02. The number of anilines is 2. The van der Waals surface area contributed by atoms with Crippen LogP contribution < -0.4 is 10.2 Å². The Bertz CT molecular complexity index is 1330. The molecule has 0 radical (unpaired) electrons. The maximum atomic E-state index is 13.7. The number of carboxylic acids is 1. The lowest BCUT2D eigenvalue weighted by molar-refractivity contribution is -0.123. The van der Waals surface area contributed by atoms with Crippen molar-refractivity contribution in [1.29, 1.82) is 0 Å². The monoisotopic (exact) mass is 534 g/mol. The Labute approximate surface area is 226 Å². The van der Waals surface area contributed by atoms with Crippen molar-refractivity contribution in [3.63, 3.8) is 0 Å². The molecule has 0 spiro atoms. The van der Waals surface area contributed by atoms with E-state index in [-0.39, 0.29) is 22.6 Å². The number of carbonyl (C=O) groups excluding carboxylic acids is 2. The number of carbonyl (C=O) groups is 3. The first-order chi connectivity index (χ1) is 18.2. The molecular formula is C29H34N4O4S. The maximum absolute atomic E-state index is 13.7. The number of rotatable bonds is 8. The summed E-state index contributed by atoms with van der Waals surface area (Å²) >= 11 is 1.19. The van der Waals surface area contributed by atoms with Crippen molar-refractivity contribution in [3.05, 3.63) is 52.7 Å². The van der Waals surface area contributed by atoms with Gasteiger partial charge in [-0.25, -0.2) is 4.79 Å². The van der Waals surface area contributed by atoms with Crippen molar-refractivity contribution in [2.24, 2.45) is 24.8 Å². The molecule has 2 aliphatic rings. The van der Waals surface area contributed by atoms with Crippen molar-refractivity contribution in [1.82, 2.24) is 9.78 Å². The normalized spacial score (nSPS) is 19.2. The lowest BCUT2D eigenvalue weighted by Crippen LogP contribution is -2.39. The summed E-state index contributed by atoms with van der Waals surface area (Å²) in [4.78, 5) is 41.2. The van der Waals surface area contributed by atoms with E-state index in [1.807, 2.05) is 25.1 Å². The molecule has 2 aliphatic carbocycles. The fourth-order valence-electron chi connectivity index (χ4n) is 5.06. The Morgan fingerprint density at radius 2 is 1.76 bits per heavy atom. The fraction of sp³-hybridized carbons (Fsp3) is 0.448. The Balaban J connectivity index is 1.38. The topological polar surface area (TPSA) is 105 Å². The number of nitrogens with zero attached hydrogens (tertiary/aromatic N) is 3. The average molecular weight is 535 g/mol. The number of benzene rings is 1. The summed E-state index contributed by atoms with van der Waals surface area (Å²) in [5.74, 6) is -0.202. The molecule has 2 saturated carbocycles. The molecule has 3 aromatic rings. The van der Waals surface area contributed by atoms with E-state index < -0.39 is 5.97 Å². The Hall–Kier alpha value is -3.46. The number of nitrogens with one attached hydrogen (secondary N) is 1. The summed E-state index contributed by atoms with van der Waals surface area (Å²) in [6, 6.07) is 10.9. The molecule has 2 fully saturated rings. The van der Waals surface area contributed by atoms with Gasteiger partial charge in [0.2, 0.25) is 5.91 Å². The smallest absolute Gasteiger partial charge is 0.348 e. The lowest BCUT2D eigenvalue weighted by atomic mass is 9.82. The zero-order valence-electron chi connectivity index (χ0n) is 22.1. The van der Waals surface area contributed by atoms with Gasteiger partial charge < -0.3 is 15.3 Å². The zero-order valence-corrected chi connectivity index (χ0v) is 22.9. The molecule has 5 rings (SSSR count). The van der Waals surface area contributed by atoms with E-state index in [1.165, 1.54) is 11.3 Å². The summed E-state index contributed by atoms with van der Waals surface area (Å²) in [6.45, 7) is 4.69. The van der Waals surface area contributed by atoms with Crippen molar-refractivity contribution in [2.45, 2.75) is 52.4 Å². The van der Waals surface area contributed by atoms with Crippen molar-refractivity contribution in [2.75, 3.05) is 16.8 Å². The highest BCUT2D eigenvalue weighted by molar-refractivity contribution is 7.18. The Kier molecular flexibility index (Phi) is 7.38. The van der Waals surface area contributed by atoms with Gasteiger partial charge in [0, 0.05) is 35.8 Å². The van der Waals surface area contributed by atoms with E-state index in [0.29, 0.717) is 35.4 Å². The zero-order chi connectivity index (χ0) is 27.0. The van der Waals surface area contributed by atoms with Crippen molar-refractivity contribution >= 4 is 40.5 Å². The van der Waals surface area contributed by atoms with Crippen LogP contribution >= 0.6 is 11.3 Å². The molecule has 1 aromatic carbocycles. The maximum Gasteiger partial charge on any atom is 0.348 e. The molecular weight excluding hydrogens is 500 g/mol. The van der Waals surface area contributed by atoms with Crippen LogP contribution in [0.4, 0.5) is 11.4 Å². The third kappa shape index (κ3) is 5.67. The van der Waals surface area contributed by atoms with E-state index in [1.54, 1.807) is 34.8 Å². The number of aromatic carboxylic acids is 1. The molecule has 8 nitrogen and oxygen atoms in total. The van der Waals surface area contributed by atoms with E-state index in [2.05, 4.69) is 17.3 Å². The first-order valence-corrected chi connectivity index (χ1v) is 14.1. The van der Waals surface area contributed by atoms with Crippen LogP contribution in [0.15, 0.2) is 36.4 Å². The molecule has 9 heteroatoms. The number of aryl methyl sites for hydroxylation is 2. The first kappa shape index (κ1) is 26.2. The molecule has 0 unspecified atom stereocenters. The highest BCUT2D eigenvalue weighted by atomic mass is 32.1. The van der Waals surface area contributed by atoms with Gasteiger partial charge in [-0.05, 0) is 87.1 Å². The third-order valence-electron chi connectivity index (χ3n) is 7.74. The predicted molar refractivity (Wildman–Crippen MR) is 149 cm³/mol. The summed E-state index contributed by atoms with van der Waals surface area (Å²) < 4.78 is 1.65. The second kappa shape index (κ2) is 10.7. The number of hydrogen-bond donors (Lipinski definition) is 2. The summed E-state index contributed by atoms with van der Waals surface area (Å²) in [5.41, 5.74) is 3.20. The predicted octanol–water partition coefficient (Wildman–Crippen LogP) is 5.98. The molecule has 2 heterocycles. The van der Waals surface area contributed by atoms with E-state index >= 15 is 0 Å². The Morgan fingerprint density at radius 1 is 1.08 bits per heavy atom. The number of carboxylic acid groups (broad SMARTS) is 1. The quantitative estimate of drug-likeness (QED) is 0.370. The lowest BCUT2D eigenvalue weighted by Gasteiger charge is -2.31. The van der Waals surface area contributed by atoms with Gasteiger partial charge in [0.15, 0.2) is 5.69 Å². The second-order valence-electron chi connectivity index (χ2n) is 10.8.